The Balaban J connectivity index is 1.62. The number of nitrogens with one attached hydrogen (secondary N) is 1. The SMILES string of the molecule is CC(C)N(CCNc1nc(N2CCOCC2)nc2c1ncn2Cc1ccc(C(F)(F)F)cc1)C(C)C. The van der Waals surface area contributed by atoms with Gasteiger partial charge in [0.2, 0.25) is 5.95 Å². The summed E-state index contributed by atoms with van der Waals surface area (Å²) < 4.78 is 46.2. The second-order valence-electron chi connectivity index (χ2n) is 9.56. The van der Waals surface area contributed by atoms with Gasteiger partial charge in [-0.15, -0.1) is 0 Å². The highest BCUT2D eigenvalue weighted by Gasteiger charge is 2.30. The minimum Gasteiger partial charge on any atom is -0.378 e. The van der Waals surface area contributed by atoms with Crippen molar-refractivity contribution in [2.75, 3.05) is 49.6 Å². The van der Waals surface area contributed by atoms with Crippen LogP contribution in [0.25, 0.3) is 11.2 Å². The molecule has 3 heterocycles. The molecule has 3 aromatic rings. The molecule has 1 aromatic carbocycles. The van der Waals surface area contributed by atoms with E-state index in [9.17, 15) is 13.2 Å². The van der Waals surface area contributed by atoms with E-state index < -0.39 is 11.7 Å². The van der Waals surface area contributed by atoms with E-state index in [-0.39, 0.29) is 0 Å². The molecule has 11 heteroatoms. The number of hydrogen-bond acceptors (Lipinski definition) is 7. The second kappa shape index (κ2) is 11.0. The van der Waals surface area contributed by atoms with Gasteiger partial charge in [0, 0.05) is 38.3 Å². The number of halogens is 3. The molecule has 0 unspecified atom stereocenters. The quantitative estimate of drug-likeness (QED) is 0.466. The van der Waals surface area contributed by atoms with Crippen molar-refractivity contribution in [3.8, 4) is 0 Å². The maximum absolute atomic E-state index is 13.0. The van der Waals surface area contributed by atoms with E-state index in [2.05, 4.69) is 47.8 Å². The van der Waals surface area contributed by atoms with Crippen LogP contribution in [0, 0.1) is 0 Å². The van der Waals surface area contributed by atoms with Crippen molar-refractivity contribution in [1.29, 1.82) is 0 Å². The molecule has 0 spiro atoms. The van der Waals surface area contributed by atoms with Crippen LogP contribution >= 0.6 is 0 Å². The average Bonchev–Trinajstić information content (AvgIpc) is 3.24. The van der Waals surface area contributed by atoms with Crippen molar-refractivity contribution in [3.63, 3.8) is 0 Å². The van der Waals surface area contributed by atoms with Crippen molar-refractivity contribution in [2.24, 2.45) is 0 Å². The number of aromatic nitrogens is 4. The van der Waals surface area contributed by atoms with Crippen molar-refractivity contribution < 1.29 is 17.9 Å². The molecule has 1 aliphatic heterocycles. The number of morpholine rings is 1. The minimum atomic E-state index is -4.36. The van der Waals surface area contributed by atoms with Gasteiger partial charge < -0.3 is 19.5 Å². The van der Waals surface area contributed by atoms with E-state index in [1.165, 1.54) is 12.1 Å². The van der Waals surface area contributed by atoms with Crippen molar-refractivity contribution in [1.82, 2.24) is 24.4 Å². The largest absolute Gasteiger partial charge is 0.416 e. The summed E-state index contributed by atoms with van der Waals surface area (Å²) in [5.41, 5.74) is 1.34. The molecule has 2 aromatic heterocycles. The highest BCUT2D eigenvalue weighted by molar-refractivity contribution is 5.84. The predicted molar refractivity (Wildman–Crippen MR) is 134 cm³/mol. The van der Waals surface area contributed by atoms with Gasteiger partial charge in [-0.1, -0.05) is 12.1 Å². The molecule has 196 valence electrons. The summed E-state index contributed by atoms with van der Waals surface area (Å²) in [5, 5.41) is 3.46. The molecule has 1 N–H and O–H groups in total. The Morgan fingerprint density at radius 3 is 2.31 bits per heavy atom. The van der Waals surface area contributed by atoms with Gasteiger partial charge in [-0.2, -0.15) is 23.1 Å². The van der Waals surface area contributed by atoms with E-state index in [1.807, 2.05) is 4.57 Å². The van der Waals surface area contributed by atoms with Gasteiger partial charge in [-0.05, 0) is 45.4 Å². The van der Waals surface area contributed by atoms with Gasteiger partial charge in [-0.25, -0.2) is 4.98 Å². The lowest BCUT2D eigenvalue weighted by Gasteiger charge is -2.30. The van der Waals surface area contributed by atoms with Crippen LogP contribution in [0.1, 0.15) is 38.8 Å². The molecule has 0 bridgehead atoms. The lowest BCUT2D eigenvalue weighted by molar-refractivity contribution is -0.137. The molecular formula is C25H34F3N7O. The predicted octanol–water partition coefficient (Wildman–Crippen LogP) is 4.26. The normalized spacial score (nSPS) is 15.0. The zero-order valence-corrected chi connectivity index (χ0v) is 21.2. The number of hydrogen-bond donors (Lipinski definition) is 1. The first-order valence-corrected chi connectivity index (χ1v) is 12.3. The van der Waals surface area contributed by atoms with Crippen molar-refractivity contribution in [3.05, 3.63) is 41.7 Å². The molecule has 36 heavy (non-hydrogen) atoms. The summed E-state index contributed by atoms with van der Waals surface area (Å²) in [6.45, 7) is 13.2. The van der Waals surface area contributed by atoms with Gasteiger partial charge in [0.15, 0.2) is 17.0 Å². The summed E-state index contributed by atoms with van der Waals surface area (Å²) in [5.74, 6) is 1.24. The molecule has 8 nitrogen and oxygen atoms in total. The summed E-state index contributed by atoms with van der Waals surface area (Å²) >= 11 is 0. The molecule has 4 rings (SSSR count). The van der Waals surface area contributed by atoms with Crippen LogP contribution in [0.3, 0.4) is 0 Å². The molecule has 1 saturated heterocycles. The second-order valence-corrected chi connectivity index (χ2v) is 9.56. The van der Waals surface area contributed by atoms with Crippen LogP contribution in [-0.2, 0) is 17.5 Å². The third-order valence-corrected chi connectivity index (χ3v) is 6.37. The number of anilines is 2. The minimum absolute atomic E-state index is 0.349. The summed E-state index contributed by atoms with van der Waals surface area (Å²) in [7, 11) is 0. The van der Waals surface area contributed by atoms with Crippen LogP contribution in [0.4, 0.5) is 24.9 Å². The smallest absolute Gasteiger partial charge is 0.378 e. The van der Waals surface area contributed by atoms with E-state index >= 15 is 0 Å². The molecule has 1 fully saturated rings. The number of ether oxygens (including phenoxy) is 1. The Morgan fingerprint density at radius 1 is 1.03 bits per heavy atom. The first kappa shape index (κ1) is 26.2. The Hall–Kier alpha value is -2.92. The first-order chi connectivity index (χ1) is 17.1. The molecule has 0 saturated carbocycles. The van der Waals surface area contributed by atoms with E-state index in [0.29, 0.717) is 74.4 Å². The fraction of sp³-hybridized carbons (Fsp3) is 0.560. The van der Waals surface area contributed by atoms with E-state index in [0.717, 1.165) is 24.2 Å². The van der Waals surface area contributed by atoms with Gasteiger partial charge >= 0.3 is 6.18 Å². The van der Waals surface area contributed by atoms with Gasteiger partial charge in [-0.3, -0.25) is 4.90 Å². The lowest BCUT2D eigenvalue weighted by Crippen LogP contribution is -2.40. The summed E-state index contributed by atoms with van der Waals surface area (Å²) in [6.07, 6.45) is -2.69. The van der Waals surface area contributed by atoms with Crippen LogP contribution in [0.2, 0.25) is 0 Å². The maximum atomic E-state index is 13.0. The summed E-state index contributed by atoms with van der Waals surface area (Å²) in [4.78, 5) is 18.6. The zero-order chi connectivity index (χ0) is 25.9. The molecular weight excluding hydrogens is 471 g/mol. The third kappa shape index (κ3) is 6.07. The fourth-order valence-electron chi connectivity index (χ4n) is 4.49. The zero-order valence-electron chi connectivity index (χ0n) is 21.2. The number of rotatable bonds is 9. The first-order valence-electron chi connectivity index (χ1n) is 12.3. The van der Waals surface area contributed by atoms with E-state index in [4.69, 9.17) is 14.7 Å². The highest BCUT2D eigenvalue weighted by atomic mass is 19.4. The molecule has 0 radical (unpaired) electrons. The number of benzene rings is 1. The number of alkyl halides is 3. The van der Waals surface area contributed by atoms with Crippen molar-refractivity contribution in [2.45, 2.75) is 52.5 Å². The highest BCUT2D eigenvalue weighted by Crippen LogP contribution is 2.29. The van der Waals surface area contributed by atoms with Gasteiger partial charge in [0.05, 0.1) is 31.6 Å². The number of imidazole rings is 1. The summed E-state index contributed by atoms with van der Waals surface area (Å²) in [6, 6.07) is 6.03. The number of fused-ring (bicyclic) bond motifs is 1. The number of nitrogens with zero attached hydrogens (tertiary/aromatic N) is 6. The Morgan fingerprint density at radius 2 is 1.69 bits per heavy atom. The van der Waals surface area contributed by atoms with Crippen LogP contribution < -0.4 is 10.2 Å². The van der Waals surface area contributed by atoms with Gasteiger partial charge in [0.1, 0.15) is 0 Å². The Labute approximate surface area is 209 Å². The topological polar surface area (TPSA) is 71.3 Å². The third-order valence-electron chi connectivity index (χ3n) is 6.37. The monoisotopic (exact) mass is 505 g/mol. The van der Waals surface area contributed by atoms with Crippen molar-refractivity contribution >= 4 is 22.9 Å². The molecule has 1 aliphatic rings. The maximum Gasteiger partial charge on any atom is 0.416 e. The fourth-order valence-corrected chi connectivity index (χ4v) is 4.49. The molecule has 0 amide bonds. The van der Waals surface area contributed by atoms with Crippen LogP contribution in [0.5, 0.6) is 0 Å². The molecule has 0 atom stereocenters. The Bertz CT molecular complexity index is 1130. The standard InChI is InChI=1S/C25H34F3N7O/c1-17(2)35(18(3)4)10-9-29-22-21-23(32-24(31-22)33-11-13-36-14-12-33)34(16-30-21)15-19-5-7-20(8-6-19)25(26,27)28/h5-8,16-18H,9-15H2,1-4H3,(H,29,31,32). The van der Waals surface area contributed by atoms with E-state index in [1.54, 1.807) is 6.33 Å². The van der Waals surface area contributed by atoms with Gasteiger partial charge in [0.25, 0.3) is 0 Å². The van der Waals surface area contributed by atoms with Crippen LogP contribution in [0.15, 0.2) is 30.6 Å². The average molecular weight is 506 g/mol. The lowest BCUT2D eigenvalue weighted by atomic mass is 10.1. The Kier molecular flexibility index (Phi) is 7.99. The van der Waals surface area contributed by atoms with Crippen LogP contribution in [-0.4, -0.2) is 75.9 Å². The molecule has 0 aliphatic carbocycles.